The first-order valence-electron chi connectivity index (χ1n) is 6.33. The van der Waals surface area contributed by atoms with Crippen LogP contribution >= 0.6 is 0 Å². The molecule has 1 N–H and O–H groups in total. The molecule has 0 aliphatic heterocycles. The van der Waals surface area contributed by atoms with Crippen molar-refractivity contribution in [3.05, 3.63) is 23.8 Å². The topological polar surface area (TPSA) is 71.3 Å². The number of nitriles is 1. The van der Waals surface area contributed by atoms with E-state index in [-0.39, 0.29) is 11.4 Å². The van der Waals surface area contributed by atoms with Crippen molar-refractivity contribution in [1.82, 2.24) is 5.32 Å². The van der Waals surface area contributed by atoms with E-state index >= 15 is 0 Å². The number of hydrogen-bond acceptors (Lipinski definition) is 4. The second kappa shape index (κ2) is 6.29. The highest BCUT2D eigenvalue weighted by Gasteiger charge is 2.21. The summed E-state index contributed by atoms with van der Waals surface area (Å²) in [5.74, 6) is 0.659. The van der Waals surface area contributed by atoms with Gasteiger partial charge in [0.25, 0.3) is 5.91 Å². The van der Waals surface area contributed by atoms with Crippen LogP contribution in [0.3, 0.4) is 0 Å². The van der Waals surface area contributed by atoms with E-state index in [1.165, 1.54) is 7.11 Å². The highest BCUT2D eigenvalue weighted by atomic mass is 16.5. The number of carbonyl (C=O) groups is 1. The molecule has 1 amide bonds. The predicted molar refractivity (Wildman–Crippen MR) is 75.7 cm³/mol. The third-order valence-electron chi connectivity index (χ3n) is 2.46. The molecule has 0 spiro atoms. The monoisotopic (exact) mass is 276 g/mol. The average Bonchev–Trinajstić information content (AvgIpc) is 2.37. The zero-order valence-electron chi connectivity index (χ0n) is 12.5. The Bertz CT molecular complexity index is 527. The smallest absolute Gasteiger partial charge is 0.261 e. The van der Waals surface area contributed by atoms with E-state index in [0.717, 1.165) is 0 Å². The van der Waals surface area contributed by atoms with E-state index in [9.17, 15) is 4.79 Å². The fraction of sp³-hybridized carbons (Fsp3) is 0.467. The Morgan fingerprint density at radius 3 is 2.50 bits per heavy atom. The van der Waals surface area contributed by atoms with Crippen molar-refractivity contribution in [2.24, 2.45) is 0 Å². The molecule has 0 aromatic heterocycles. The molecule has 1 atom stereocenters. The molecule has 0 heterocycles. The van der Waals surface area contributed by atoms with Gasteiger partial charge < -0.3 is 14.8 Å². The lowest BCUT2D eigenvalue weighted by atomic mass is 10.1. The summed E-state index contributed by atoms with van der Waals surface area (Å²) >= 11 is 0. The number of amides is 1. The number of nitrogens with zero attached hydrogens (tertiary/aromatic N) is 1. The van der Waals surface area contributed by atoms with Gasteiger partial charge in [0.2, 0.25) is 0 Å². The zero-order chi connectivity index (χ0) is 15.3. The standard InChI is InChI=1S/C15H20N2O3/c1-10(14(18)17-15(2,3)4)20-12-7-6-11(9-16)8-13(12)19-5/h6-8,10H,1-5H3,(H,17,18)/t10-/m0/s1. The number of rotatable bonds is 4. The van der Waals surface area contributed by atoms with Gasteiger partial charge in [-0.05, 0) is 39.8 Å². The molecule has 0 bridgehead atoms. The van der Waals surface area contributed by atoms with E-state index in [0.29, 0.717) is 17.1 Å². The molecule has 0 saturated heterocycles. The van der Waals surface area contributed by atoms with Gasteiger partial charge in [-0.15, -0.1) is 0 Å². The normalized spacial score (nSPS) is 12.2. The summed E-state index contributed by atoms with van der Waals surface area (Å²) in [4.78, 5) is 12.0. The Balaban J connectivity index is 2.83. The van der Waals surface area contributed by atoms with Crippen molar-refractivity contribution in [3.63, 3.8) is 0 Å². The summed E-state index contributed by atoms with van der Waals surface area (Å²) in [5, 5.41) is 11.7. The minimum Gasteiger partial charge on any atom is -0.493 e. The van der Waals surface area contributed by atoms with Crippen molar-refractivity contribution in [1.29, 1.82) is 5.26 Å². The number of benzene rings is 1. The fourth-order valence-electron chi connectivity index (χ4n) is 1.55. The lowest BCUT2D eigenvalue weighted by Gasteiger charge is -2.24. The maximum atomic E-state index is 12.0. The minimum atomic E-state index is -0.656. The van der Waals surface area contributed by atoms with Crippen LogP contribution in [0.15, 0.2) is 18.2 Å². The van der Waals surface area contributed by atoms with Crippen molar-refractivity contribution >= 4 is 5.91 Å². The Morgan fingerprint density at radius 2 is 2.00 bits per heavy atom. The highest BCUT2D eigenvalue weighted by molar-refractivity contribution is 5.81. The lowest BCUT2D eigenvalue weighted by molar-refractivity contribution is -0.128. The minimum absolute atomic E-state index is 0.205. The fourth-order valence-corrected chi connectivity index (χ4v) is 1.55. The maximum Gasteiger partial charge on any atom is 0.261 e. The lowest BCUT2D eigenvalue weighted by Crippen LogP contribution is -2.46. The van der Waals surface area contributed by atoms with Gasteiger partial charge in [0.1, 0.15) is 0 Å². The van der Waals surface area contributed by atoms with Crippen molar-refractivity contribution in [3.8, 4) is 17.6 Å². The van der Waals surface area contributed by atoms with Gasteiger partial charge in [-0.25, -0.2) is 0 Å². The van der Waals surface area contributed by atoms with Crippen molar-refractivity contribution < 1.29 is 14.3 Å². The molecule has 5 nitrogen and oxygen atoms in total. The van der Waals surface area contributed by atoms with Crippen LogP contribution in [0.1, 0.15) is 33.3 Å². The molecule has 5 heteroatoms. The molecule has 0 unspecified atom stereocenters. The van der Waals surface area contributed by atoms with Crippen molar-refractivity contribution in [2.75, 3.05) is 7.11 Å². The molecule has 1 aromatic rings. The quantitative estimate of drug-likeness (QED) is 0.915. The largest absolute Gasteiger partial charge is 0.493 e. The van der Waals surface area contributed by atoms with Crippen LogP contribution in [0, 0.1) is 11.3 Å². The second-order valence-corrected chi connectivity index (χ2v) is 5.48. The SMILES string of the molecule is COc1cc(C#N)ccc1O[C@@H](C)C(=O)NC(C)(C)C. The van der Waals surface area contributed by atoms with Crippen LogP contribution in [0.4, 0.5) is 0 Å². The van der Waals surface area contributed by atoms with Crippen LogP contribution < -0.4 is 14.8 Å². The van der Waals surface area contributed by atoms with Gasteiger partial charge in [-0.3, -0.25) is 4.79 Å². The first kappa shape index (κ1) is 15.8. The number of methoxy groups -OCH3 is 1. The molecule has 0 aliphatic carbocycles. The molecule has 0 fully saturated rings. The molecular weight excluding hydrogens is 256 g/mol. The van der Waals surface area contributed by atoms with Crippen LogP contribution in [0.5, 0.6) is 11.5 Å². The molecule has 0 radical (unpaired) electrons. The molecule has 1 aromatic carbocycles. The van der Waals surface area contributed by atoms with Crippen molar-refractivity contribution in [2.45, 2.75) is 39.3 Å². The third kappa shape index (κ3) is 4.47. The predicted octanol–water partition coefficient (Wildman–Crippen LogP) is 2.25. The van der Waals surface area contributed by atoms with E-state index in [1.807, 2.05) is 26.8 Å². The van der Waals surface area contributed by atoms with Crippen LogP contribution in [0.2, 0.25) is 0 Å². The first-order valence-corrected chi connectivity index (χ1v) is 6.33. The van der Waals surface area contributed by atoms with E-state index < -0.39 is 6.10 Å². The average molecular weight is 276 g/mol. The molecule has 20 heavy (non-hydrogen) atoms. The summed E-state index contributed by atoms with van der Waals surface area (Å²) in [5.41, 5.74) is 0.157. The molecular formula is C15H20N2O3. The summed E-state index contributed by atoms with van der Waals surface area (Å²) in [6.07, 6.45) is -0.656. The third-order valence-corrected chi connectivity index (χ3v) is 2.46. The Kier molecular flexibility index (Phi) is 4.98. The summed E-state index contributed by atoms with van der Waals surface area (Å²) in [6.45, 7) is 7.37. The van der Waals surface area contributed by atoms with Gasteiger partial charge in [-0.1, -0.05) is 0 Å². The summed E-state index contributed by atoms with van der Waals surface area (Å²) in [7, 11) is 1.49. The molecule has 108 valence electrons. The van der Waals surface area contributed by atoms with Crippen LogP contribution in [-0.4, -0.2) is 24.7 Å². The Morgan fingerprint density at radius 1 is 1.35 bits per heavy atom. The molecule has 1 rings (SSSR count). The van der Waals surface area contributed by atoms with Gasteiger partial charge in [0.05, 0.1) is 18.7 Å². The van der Waals surface area contributed by atoms with E-state index in [2.05, 4.69) is 5.32 Å². The highest BCUT2D eigenvalue weighted by Crippen LogP contribution is 2.28. The van der Waals surface area contributed by atoms with Gasteiger partial charge in [0.15, 0.2) is 17.6 Å². The number of carbonyl (C=O) groups excluding carboxylic acids is 1. The molecule has 0 saturated carbocycles. The summed E-state index contributed by atoms with van der Waals surface area (Å²) in [6, 6.07) is 6.83. The number of hydrogen-bond donors (Lipinski definition) is 1. The van der Waals surface area contributed by atoms with Gasteiger partial charge in [0, 0.05) is 11.6 Å². The molecule has 0 aliphatic rings. The Hall–Kier alpha value is -2.22. The van der Waals surface area contributed by atoms with Crippen LogP contribution in [-0.2, 0) is 4.79 Å². The van der Waals surface area contributed by atoms with Gasteiger partial charge >= 0.3 is 0 Å². The van der Waals surface area contributed by atoms with Gasteiger partial charge in [-0.2, -0.15) is 5.26 Å². The zero-order valence-corrected chi connectivity index (χ0v) is 12.5. The van der Waals surface area contributed by atoms with Crippen LogP contribution in [0.25, 0.3) is 0 Å². The van der Waals surface area contributed by atoms with E-state index in [1.54, 1.807) is 25.1 Å². The van der Waals surface area contributed by atoms with E-state index in [4.69, 9.17) is 14.7 Å². The first-order chi connectivity index (χ1) is 9.26. The number of ether oxygens (including phenoxy) is 2. The Labute approximate surface area is 119 Å². The number of nitrogens with one attached hydrogen (secondary N) is 1. The summed E-state index contributed by atoms with van der Waals surface area (Å²) < 4.78 is 10.8. The maximum absolute atomic E-state index is 12.0. The second-order valence-electron chi connectivity index (χ2n) is 5.48.